The summed E-state index contributed by atoms with van der Waals surface area (Å²) in [4.78, 5) is 12.9. The summed E-state index contributed by atoms with van der Waals surface area (Å²) >= 11 is 6.34. The van der Waals surface area contributed by atoms with Crippen molar-refractivity contribution in [1.82, 2.24) is 16.2 Å². The highest BCUT2D eigenvalue weighted by molar-refractivity contribution is 6.31. The van der Waals surface area contributed by atoms with Gasteiger partial charge in [-0.05, 0) is 42.2 Å². The van der Waals surface area contributed by atoms with Crippen molar-refractivity contribution in [3.8, 4) is 5.75 Å². The molecule has 0 radical (unpaired) electrons. The van der Waals surface area contributed by atoms with Crippen molar-refractivity contribution >= 4 is 17.5 Å². The number of nitrogens with one attached hydrogen (secondary N) is 3. The van der Waals surface area contributed by atoms with Gasteiger partial charge in [-0.2, -0.15) is 0 Å². The zero-order chi connectivity index (χ0) is 18.1. The molecule has 1 heterocycles. The summed E-state index contributed by atoms with van der Waals surface area (Å²) in [6.45, 7) is 1.69. The summed E-state index contributed by atoms with van der Waals surface area (Å²) in [5, 5.41) is 3.87. The molecule has 1 amide bonds. The molecule has 5 nitrogen and oxygen atoms in total. The highest BCUT2D eigenvalue weighted by atomic mass is 35.5. The molecule has 6 heteroatoms. The maximum atomic E-state index is 12.9. The average molecular weight is 372 g/mol. The smallest absolute Gasteiger partial charge is 0.252 e. The van der Waals surface area contributed by atoms with E-state index in [2.05, 4.69) is 16.2 Å². The fraction of sp³-hybridized carbons (Fsp3) is 0.350. The van der Waals surface area contributed by atoms with Crippen molar-refractivity contribution in [2.75, 3.05) is 20.2 Å². The first-order chi connectivity index (χ1) is 12.6. The fourth-order valence-electron chi connectivity index (χ4n) is 3.60. The van der Waals surface area contributed by atoms with E-state index in [4.69, 9.17) is 16.3 Å². The molecule has 1 saturated carbocycles. The van der Waals surface area contributed by atoms with Crippen LogP contribution in [0.3, 0.4) is 0 Å². The molecule has 0 unspecified atom stereocenters. The standard InChI is InChI=1S/C20H22ClN3O2/c1-26-18-10-13(6-7-15(18)14-11-22-23-12-14)19(25)24-20(8-9-20)16-4-2-3-5-17(16)21/h2-7,10,14,22-23H,8-9,11-12H2,1H3,(H,24,25). The minimum atomic E-state index is -0.347. The quantitative estimate of drug-likeness (QED) is 0.756. The van der Waals surface area contributed by atoms with Gasteiger partial charge < -0.3 is 10.1 Å². The van der Waals surface area contributed by atoms with Crippen molar-refractivity contribution in [3.63, 3.8) is 0 Å². The van der Waals surface area contributed by atoms with E-state index < -0.39 is 0 Å². The Balaban J connectivity index is 1.56. The Hall–Kier alpha value is -2.08. The van der Waals surface area contributed by atoms with E-state index >= 15 is 0 Å². The molecule has 1 aliphatic heterocycles. The second-order valence-corrected chi connectivity index (χ2v) is 7.34. The maximum absolute atomic E-state index is 12.9. The third-order valence-electron chi connectivity index (χ3n) is 5.25. The summed E-state index contributed by atoms with van der Waals surface area (Å²) in [6.07, 6.45) is 1.80. The predicted octanol–water partition coefficient (Wildman–Crippen LogP) is 2.96. The summed E-state index contributed by atoms with van der Waals surface area (Å²) in [5.41, 5.74) is 8.60. The van der Waals surface area contributed by atoms with E-state index in [0.717, 1.165) is 42.8 Å². The lowest BCUT2D eigenvalue weighted by atomic mass is 9.97. The monoisotopic (exact) mass is 371 g/mol. The fourth-order valence-corrected chi connectivity index (χ4v) is 3.91. The molecule has 2 fully saturated rings. The highest BCUT2D eigenvalue weighted by Gasteiger charge is 2.47. The van der Waals surface area contributed by atoms with Gasteiger partial charge in [-0.1, -0.05) is 35.9 Å². The van der Waals surface area contributed by atoms with E-state index in [9.17, 15) is 4.79 Å². The first-order valence-corrected chi connectivity index (χ1v) is 9.22. The SMILES string of the molecule is COc1cc(C(=O)NC2(c3ccccc3Cl)CC2)ccc1C1CNNC1. The van der Waals surface area contributed by atoms with Gasteiger partial charge in [-0.15, -0.1) is 0 Å². The number of methoxy groups -OCH3 is 1. The first-order valence-electron chi connectivity index (χ1n) is 8.84. The normalized spacial score (nSPS) is 18.5. The van der Waals surface area contributed by atoms with Gasteiger partial charge in [0.1, 0.15) is 5.75 Å². The van der Waals surface area contributed by atoms with Crippen molar-refractivity contribution in [2.45, 2.75) is 24.3 Å². The van der Waals surface area contributed by atoms with Crippen molar-refractivity contribution < 1.29 is 9.53 Å². The Labute approximate surface area is 158 Å². The molecule has 26 heavy (non-hydrogen) atoms. The molecular weight excluding hydrogens is 350 g/mol. The topological polar surface area (TPSA) is 62.4 Å². The number of carbonyl (C=O) groups is 1. The van der Waals surface area contributed by atoms with Gasteiger partial charge in [0.25, 0.3) is 5.91 Å². The number of ether oxygens (including phenoxy) is 1. The molecule has 2 aliphatic rings. The van der Waals surface area contributed by atoms with Crippen LogP contribution in [0.5, 0.6) is 5.75 Å². The number of halogens is 1. The molecular formula is C20H22ClN3O2. The van der Waals surface area contributed by atoms with Crippen LogP contribution in [-0.2, 0) is 5.54 Å². The van der Waals surface area contributed by atoms with Crippen molar-refractivity contribution in [1.29, 1.82) is 0 Å². The van der Waals surface area contributed by atoms with E-state index in [0.29, 0.717) is 16.5 Å². The lowest BCUT2D eigenvalue weighted by Crippen LogP contribution is -2.35. The van der Waals surface area contributed by atoms with Crippen LogP contribution in [0.25, 0.3) is 0 Å². The number of rotatable bonds is 5. The van der Waals surface area contributed by atoms with Crippen LogP contribution in [0, 0.1) is 0 Å². The lowest BCUT2D eigenvalue weighted by Gasteiger charge is -2.20. The second-order valence-electron chi connectivity index (χ2n) is 6.93. The zero-order valence-corrected chi connectivity index (χ0v) is 15.4. The van der Waals surface area contributed by atoms with Crippen LogP contribution in [0.4, 0.5) is 0 Å². The Morgan fingerprint density at radius 1 is 1.19 bits per heavy atom. The van der Waals surface area contributed by atoms with Crippen LogP contribution in [0.1, 0.15) is 40.2 Å². The maximum Gasteiger partial charge on any atom is 0.252 e. The number of hydrogen-bond donors (Lipinski definition) is 3. The van der Waals surface area contributed by atoms with E-state index in [1.54, 1.807) is 7.11 Å². The van der Waals surface area contributed by atoms with Gasteiger partial charge in [0, 0.05) is 29.6 Å². The van der Waals surface area contributed by atoms with Gasteiger partial charge >= 0.3 is 0 Å². The Morgan fingerprint density at radius 3 is 2.58 bits per heavy atom. The van der Waals surface area contributed by atoms with Crippen LogP contribution >= 0.6 is 11.6 Å². The zero-order valence-electron chi connectivity index (χ0n) is 14.6. The van der Waals surface area contributed by atoms with Gasteiger partial charge in [0.2, 0.25) is 0 Å². The molecule has 1 saturated heterocycles. The highest BCUT2D eigenvalue weighted by Crippen LogP contribution is 2.48. The Kier molecular flexibility index (Phi) is 4.61. The van der Waals surface area contributed by atoms with Gasteiger partial charge in [-0.3, -0.25) is 15.6 Å². The van der Waals surface area contributed by atoms with Crippen LogP contribution in [-0.4, -0.2) is 26.1 Å². The lowest BCUT2D eigenvalue weighted by molar-refractivity contribution is 0.0930. The largest absolute Gasteiger partial charge is 0.496 e. The van der Waals surface area contributed by atoms with Crippen LogP contribution in [0.2, 0.25) is 5.02 Å². The Morgan fingerprint density at radius 2 is 1.92 bits per heavy atom. The molecule has 2 aromatic rings. The van der Waals surface area contributed by atoms with E-state index in [1.165, 1.54) is 0 Å². The van der Waals surface area contributed by atoms with Crippen LogP contribution < -0.4 is 20.9 Å². The second kappa shape index (κ2) is 6.91. The number of hydrazine groups is 1. The molecule has 4 rings (SSSR count). The van der Waals surface area contributed by atoms with Crippen molar-refractivity contribution in [3.05, 3.63) is 64.2 Å². The predicted molar refractivity (Wildman–Crippen MR) is 102 cm³/mol. The molecule has 2 aromatic carbocycles. The molecule has 136 valence electrons. The molecule has 1 aliphatic carbocycles. The number of carbonyl (C=O) groups excluding carboxylic acids is 1. The minimum absolute atomic E-state index is 0.102. The van der Waals surface area contributed by atoms with Gasteiger partial charge in [0.15, 0.2) is 0 Å². The Bertz CT molecular complexity index is 830. The van der Waals surface area contributed by atoms with Crippen molar-refractivity contribution in [2.24, 2.45) is 0 Å². The molecule has 3 N–H and O–H groups in total. The van der Waals surface area contributed by atoms with Gasteiger partial charge in [0.05, 0.1) is 12.6 Å². The molecule has 0 atom stereocenters. The summed E-state index contributed by atoms with van der Waals surface area (Å²) in [5.74, 6) is 0.977. The average Bonchev–Trinajstić information content (AvgIpc) is 3.22. The molecule has 0 bridgehead atoms. The van der Waals surface area contributed by atoms with Crippen LogP contribution in [0.15, 0.2) is 42.5 Å². The minimum Gasteiger partial charge on any atom is -0.496 e. The molecule has 0 aromatic heterocycles. The summed E-state index contributed by atoms with van der Waals surface area (Å²) in [6, 6.07) is 13.4. The molecule has 0 spiro atoms. The van der Waals surface area contributed by atoms with E-state index in [-0.39, 0.29) is 11.4 Å². The summed E-state index contributed by atoms with van der Waals surface area (Å²) in [7, 11) is 1.64. The van der Waals surface area contributed by atoms with Gasteiger partial charge in [-0.25, -0.2) is 0 Å². The first kappa shape index (κ1) is 17.3. The number of hydrogen-bond acceptors (Lipinski definition) is 4. The summed E-state index contributed by atoms with van der Waals surface area (Å²) < 4.78 is 5.54. The number of amides is 1. The third kappa shape index (κ3) is 3.18. The van der Waals surface area contributed by atoms with E-state index in [1.807, 2.05) is 42.5 Å². The third-order valence-corrected chi connectivity index (χ3v) is 5.58. The number of benzene rings is 2.